The zero-order valence-electron chi connectivity index (χ0n) is 9.09. The van der Waals surface area contributed by atoms with Crippen molar-refractivity contribution in [1.82, 2.24) is 5.32 Å². The van der Waals surface area contributed by atoms with Crippen molar-refractivity contribution in [3.8, 4) is 0 Å². The van der Waals surface area contributed by atoms with Crippen LogP contribution in [0.25, 0.3) is 0 Å². The third-order valence-corrected chi connectivity index (χ3v) is 4.62. The number of halogens is 1. The van der Waals surface area contributed by atoms with Gasteiger partial charge < -0.3 is 5.32 Å². The van der Waals surface area contributed by atoms with Gasteiger partial charge in [-0.1, -0.05) is 31.5 Å². The van der Waals surface area contributed by atoms with Gasteiger partial charge in [0.15, 0.2) is 0 Å². The minimum Gasteiger partial charge on any atom is -0.310 e. The molecule has 1 N–H and O–H groups in total. The molecule has 0 aliphatic heterocycles. The molecule has 0 heterocycles. The van der Waals surface area contributed by atoms with Crippen molar-refractivity contribution >= 4 is 11.6 Å². The first-order valence-electron chi connectivity index (χ1n) is 5.65. The predicted octanol–water partition coefficient (Wildman–Crippen LogP) is 3.15. The van der Waals surface area contributed by atoms with E-state index in [-0.39, 0.29) is 0 Å². The molecule has 3 fully saturated rings. The van der Waals surface area contributed by atoms with E-state index >= 15 is 0 Å². The first kappa shape index (κ1) is 10.5. The highest BCUT2D eigenvalue weighted by Crippen LogP contribution is 2.58. The van der Waals surface area contributed by atoms with Crippen LogP contribution >= 0.6 is 11.6 Å². The van der Waals surface area contributed by atoms with E-state index < -0.39 is 0 Å². The second kappa shape index (κ2) is 3.86. The fraction of sp³-hybridized carbons (Fsp3) is 0.833. The highest BCUT2D eigenvalue weighted by atomic mass is 35.5. The minimum absolute atomic E-state index is 0.584. The van der Waals surface area contributed by atoms with Gasteiger partial charge in [-0.15, -0.1) is 0 Å². The molecule has 2 bridgehead atoms. The summed E-state index contributed by atoms with van der Waals surface area (Å²) in [7, 11) is 0. The molecule has 2 heteroatoms. The Kier molecular flexibility index (Phi) is 2.90. The van der Waals surface area contributed by atoms with Crippen LogP contribution in [0, 0.1) is 17.3 Å². The third-order valence-electron chi connectivity index (χ3n) is 4.45. The summed E-state index contributed by atoms with van der Waals surface area (Å²) in [5, 5.41) is 3.59. The van der Waals surface area contributed by atoms with Gasteiger partial charge in [0.05, 0.1) is 0 Å². The van der Waals surface area contributed by atoms with Crippen LogP contribution < -0.4 is 5.32 Å². The summed E-state index contributed by atoms with van der Waals surface area (Å²) < 4.78 is 0. The molecule has 3 aliphatic rings. The normalized spacial score (nSPS) is 39.8. The first-order chi connectivity index (χ1) is 6.66. The number of rotatable bonds is 3. The van der Waals surface area contributed by atoms with Gasteiger partial charge in [0.1, 0.15) is 0 Å². The molecule has 0 aromatic heterocycles. The standard InChI is InChI=1S/C12H20ClN/c1-12(2)9-4-5-11(10(12)8-9)14-7-3-6-13/h3,6,9-11,14H,4-5,7-8H2,1-2H3/b6-3+. The molecule has 0 spiro atoms. The summed E-state index contributed by atoms with van der Waals surface area (Å²) >= 11 is 5.50. The van der Waals surface area contributed by atoms with E-state index in [0.717, 1.165) is 24.4 Å². The van der Waals surface area contributed by atoms with Crippen LogP contribution in [-0.4, -0.2) is 12.6 Å². The number of hydrogen-bond acceptors (Lipinski definition) is 1. The Hall–Kier alpha value is -0.0100. The second-order valence-corrected chi connectivity index (χ2v) is 5.57. The van der Waals surface area contributed by atoms with Crippen molar-refractivity contribution in [3.63, 3.8) is 0 Å². The molecule has 80 valence electrons. The summed E-state index contributed by atoms with van der Waals surface area (Å²) in [5.74, 6) is 1.89. The van der Waals surface area contributed by atoms with Crippen LogP contribution in [0.15, 0.2) is 11.6 Å². The minimum atomic E-state index is 0.584. The van der Waals surface area contributed by atoms with E-state index in [4.69, 9.17) is 11.6 Å². The summed E-state index contributed by atoms with van der Waals surface area (Å²) in [6, 6.07) is 0.725. The summed E-state index contributed by atoms with van der Waals surface area (Å²) in [6.07, 6.45) is 6.19. The molecule has 0 aromatic rings. The monoisotopic (exact) mass is 213 g/mol. The van der Waals surface area contributed by atoms with Crippen molar-refractivity contribution in [2.75, 3.05) is 6.54 Å². The largest absolute Gasteiger partial charge is 0.310 e. The molecule has 3 saturated carbocycles. The van der Waals surface area contributed by atoms with E-state index in [1.54, 1.807) is 5.54 Å². The zero-order valence-corrected chi connectivity index (χ0v) is 9.85. The van der Waals surface area contributed by atoms with Crippen molar-refractivity contribution < 1.29 is 0 Å². The van der Waals surface area contributed by atoms with Gasteiger partial charge in [-0.3, -0.25) is 0 Å². The molecule has 0 saturated heterocycles. The van der Waals surface area contributed by atoms with E-state index in [2.05, 4.69) is 19.2 Å². The molecule has 3 aliphatic carbocycles. The van der Waals surface area contributed by atoms with Crippen LogP contribution in [0.2, 0.25) is 0 Å². The maximum atomic E-state index is 5.50. The molecule has 3 rings (SSSR count). The van der Waals surface area contributed by atoms with Crippen LogP contribution in [0.3, 0.4) is 0 Å². The lowest BCUT2D eigenvalue weighted by molar-refractivity contribution is -0.0860. The van der Waals surface area contributed by atoms with Crippen LogP contribution in [0.1, 0.15) is 33.1 Å². The van der Waals surface area contributed by atoms with Crippen molar-refractivity contribution in [3.05, 3.63) is 11.6 Å². The highest BCUT2D eigenvalue weighted by molar-refractivity contribution is 6.25. The average Bonchev–Trinajstić information content (AvgIpc) is 2.18. The van der Waals surface area contributed by atoms with E-state index in [1.165, 1.54) is 19.3 Å². The summed E-state index contributed by atoms with van der Waals surface area (Å²) in [6.45, 7) is 5.78. The second-order valence-electron chi connectivity index (χ2n) is 5.31. The van der Waals surface area contributed by atoms with Gasteiger partial charge in [-0.2, -0.15) is 0 Å². The third kappa shape index (κ3) is 1.61. The lowest BCUT2D eigenvalue weighted by atomic mass is 9.47. The SMILES string of the molecule is CC1(C)C2CCC(NC/C=C/Cl)C1C2. The first-order valence-corrected chi connectivity index (χ1v) is 6.08. The van der Waals surface area contributed by atoms with E-state index in [1.807, 2.05) is 6.08 Å². The molecule has 3 atom stereocenters. The van der Waals surface area contributed by atoms with E-state index in [0.29, 0.717) is 5.41 Å². The lowest BCUT2D eigenvalue weighted by Crippen LogP contribution is -2.58. The molecule has 0 radical (unpaired) electrons. The van der Waals surface area contributed by atoms with Crippen molar-refractivity contribution in [2.45, 2.75) is 39.2 Å². The van der Waals surface area contributed by atoms with Gasteiger partial charge in [0.2, 0.25) is 0 Å². The highest BCUT2D eigenvalue weighted by Gasteiger charge is 2.53. The van der Waals surface area contributed by atoms with E-state index in [9.17, 15) is 0 Å². The Balaban J connectivity index is 1.88. The topological polar surface area (TPSA) is 12.0 Å². The predicted molar refractivity (Wildman–Crippen MR) is 61.4 cm³/mol. The molecule has 1 nitrogen and oxygen atoms in total. The number of fused-ring (bicyclic) bond motifs is 2. The number of hydrogen-bond donors (Lipinski definition) is 1. The van der Waals surface area contributed by atoms with Crippen LogP contribution in [-0.2, 0) is 0 Å². The smallest absolute Gasteiger partial charge is 0.0149 e. The number of nitrogens with one attached hydrogen (secondary N) is 1. The lowest BCUT2D eigenvalue weighted by Gasteiger charge is -2.60. The van der Waals surface area contributed by atoms with Crippen molar-refractivity contribution in [1.29, 1.82) is 0 Å². The van der Waals surface area contributed by atoms with Crippen LogP contribution in [0.5, 0.6) is 0 Å². The Morgan fingerprint density at radius 2 is 2.21 bits per heavy atom. The molecule has 3 unspecified atom stereocenters. The molecule has 14 heavy (non-hydrogen) atoms. The maximum Gasteiger partial charge on any atom is 0.0149 e. The van der Waals surface area contributed by atoms with Crippen LogP contribution in [0.4, 0.5) is 0 Å². The molecular weight excluding hydrogens is 194 g/mol. The summed E-state index contributed by atoms with van der Waals surface area (Å²) in [4.78, 5) is 0. The Morgan fingerprint density at radius 3 is 2.79 bits per heavy atom. The maximum absolute atomic E-state index is 5.50. The Bertz CT molecular complexity index is 232. The fourth-order valence-electron chi connectivity index (χ4n) is 3.32. The zero-order chi connectivity index (χ0) is 10.2. The molecular formula is C12H20ClN. The summed E-state index contributed by atoms with van der Waals surface area (Å²) in [5.41, 5.74) is 2.19. The van der Waals surface area contributed by atoms with Gasteiger partial charge in [-0.25, -0.2) is 0 Å². The molecule has 0 amide bonds. The average molecular weight is 214 g/mol. The fourth-order valence-corrected chi connectivity index (χ4v) is 3.41. The molecule has 0 aromatic carbocycles. The quantitative estimate of drug-likeness (QED) is 0.760. The Morgan fingerprint density at radius 1 is 1.43 bits per heavy atom. The Labute approximate surface area is 91.9 Å². The van der Waals surface area contributed by atoms with Gasteiger partial charge in [0.25, 0.3) is 0 Å². The van der Waals surface area contributed by atoms with Gasteiger partial charge in [0, 0.05) is 18.1 Å². The van der Waals surface area contributed by atoms with Gasteiger partial charge in [-0.05, 0) is 36.5 Å². The van der Waals surface area contributed by atoms with Crippen molar-refractivity contribution in [2.24, 2.45) is 17.3 Å². The van der Waals surface area contributed by atoms with Gasteiger partial charge >= 0.3 is 0 Å².